The molecule has 8 heteroatoms. The minimum atomic E-state index is -0.557. The molecule has 2 atom stereocenters. The number of ether oxygens (including phenoxy) is 3. The first-order chi connectivity index (χ1) is 17.3. The number of aromatic nitrogens is 1. The quantitative estimate of drug-likeness (QED) is 0.528. The number of alkyl carbamates (subject to hydrolysis) is 1. The molecule has 2 N–H and O–H groups in total. The molecule has 1 fully saturated rings. The summed E-state index contributed by atoms with van der Waals surface area (Å²) < 4.78 is 16.5. The fraction of sp³-hybridized carbons (Fsp3) is 0.357. The van der Waals surface area contributed by atoms with Crippen LogP contribution < -0.4 is 14.8 Å². The molecule has 1 unspecified atom stereocenters. The number of benzene rings is 2. The molecular formula is C28H31N3O5. The van der Waals surface area contributed by atoms with Crippen molar-refractivity contribution in [2.75, 3.05) is 19.9 Å². The zero-order chi connectivity index (χ0) is 25.3. The molecule has 36 heavy (non-hydrogen) atoms. The van der Waals surface area contributed by atoms with Crippen molar-refractivity contribution in [1.82, 2.24) is 15.2 Å². The molecule has 3 aromatic rings. The van der Waals surface area contributed by atoms with Crippen molar-refractivity contribution in [2.45, 2.75) is 44.9 Å². The molecule has 2 aromatic carbocycles. The van der Waals surface area contributed by atoms with Gasteiger partial charge in [0, 0.05) is 42.5 Å². The Kier molecular flexibility index (Phi) is 6.45. The number of rotatable bonds is 5. The van der Waals surface area contributed by atoms with Gasteiger partial charge in [0.15, 0.2) is 11.5 Å². The van der Waals surface area contributed by atoms with Crippen LogP contribution in [0.4, 0.5) is 4.79 Å². The molecular weight excluding hydrogens is 458 g/mol. The fourth-order valence-corrected chi connectivity index (χ4v) is 4.74. The third kappa shape index (κ3) is 5.23. The SMILES string of the molecule is CC(C)(C)OC(=O)N[C@@H]1CCN(C(c2ccc(-c3ccccn3)cc2)c2cc3c(cc2O)OCO3)C1. The normalized spacial score (nSPS) is 18.1. The van der Waals surface area contributed by atoms with Crippen LogP contribution in [0.5, 0.6) is 17.2 Å². The number of amides is 1. The number of nitrogens with one attached hydrogen (secondary N) is 1. The number of phenols is 1. The smallest absolute Gasteiger partial charge is 0.407 e. The second-order valence-corrected chi connectivity index (χ2v) is 10.1. The van der Waals surface area contributed by atoms with Gasteiger partial charge in [-0.25, -0.2) is 4.79 Å². The highest BCUT2D eigenvalue weighted by Gasteiger charge is 2.34. The van der Waals surface area contributed by atoms with Crippen molar-refractivity contribution in [3.8, 4) is 28.5 Å². The van der Waals surface area contributed by atoms with E-state index in [2.05, 4.69) is 27.3 Å². The van der Waals surface area contributed by atoms with E-state index in [1.54, 1.807) is 12.3 Å². The van der Waals surface area contributed by atoms with Crippen LogP contribution in [0.3, 0.4) is 0 Å². The zero-order valence-electron chi connectivity index (χ0n) is 20.7. The lowest BCUT2D eigenvalue weighted by atomic mass is 9.94. The molecule has 3 heterocycles. The fourth-order valence-electron chi connectivity index (χ4n) is 4.74. The van der Waals surface area contributed by atoms with E-state index in [9.17, 15) is 9.90 Å². The van der Waals surface area contributed by atoms with Gasteiger partial charge < -0.3 is 24.6 Å². The average molecular weight is 490 g/mol. The van der Waals surface area contributed by atoms with Crippen molar-refractivity contribution >= 4 is 6.09 Å². The number of hydrogen-bond acceptors (Lipinski definition) is 7. The number of aromatic hydroxyl groups is 1. The Bertz CT molecular complexity index is 1220. The van der Waals surface area contributed by atoms with Crippen LogP contribution in [0.2, 0.25) is 0 Å². The Morgan fingerprint density at radius 3 is 2.58 bits per heavy atom. The van der Waals surface area contributed by atoms with E-state index in [1.807, 2.05) is 57.2 Å². The molecule has 1 saturated heterocycles. The number of carbonyl (C=O) groups is 1. The van der Waals surface area contributed by atoms with Gasteiger partial charge in [-0.1, -0.05) is 30.3 Å². The number of pyridine rings is 1. The van der Waals surface area contributed by atoms with Crippen LogP contribution >= 0.6 is 0 Å². The first-order valence-corrected chi connectivity index (χ1v) is 12.1. The topological polar surface area (TPSA) is 93.2 Å². The average Bonchev–Trinajstić information content (AvgIpc) is 3.48. The van der Waals surface area contributed by atoms with Gasteiger partial charge in [-0.3, -0.25) is 9.88 Å². The maximum Gasteiger partial charge on any atom is 0.407 e. The summed E-state index contributed by atoms with van der Waals surface area (Å²) >= 11 is 0. The lowest BCUT2D eigenvalue weighted by molar-refractivity contribution is 0.0505. The Balaban J connectivity index is 1.43. The summed E-state index contributed by atoms with van der Waals surface area (Å²) in [5, 5.41) is 14.0. The van der Waals surface area contributed by atoms with Crippen LogP contribution in [0, 0.1) is 0 Å². The standard InChI is InChI=1S/C28H31N3O5/c1-28(2,3)36-27(33)30-20-11-13-31(16-20)26(21-14-24-25(15-23(21)32)35-17-34-24)19-9-7-18(8-10-19)22-6-4-5-12-29-22/h4-10,12,14-15,20,26,32H,11,13,16-17H2,1-3H3,(H,30,33)/t20-,26?/m1/s1. The molecule has 0 saturated carbocycles. The van der Waals surface area contributed by atoms with Gasteiger partial charge in [-0.05, 0) is 51.0 Å². The largest absolute Gasteiger partial charge is 0.507 e. The van der Waals surface area contributed by atoms with Crippen molar-refractivity contribution < 1.29 is 24.1 Å². The molecule has 1 amide bonds. The number of hydrogen-bond donors (Lipinski definition) is 2. The molecule has 2 aliphatic rings. The third-order valence-electron chi connectivity index (χ3n) is 6.31. The summed E-state index contributed by atoms with van der Waals surface area (Å²) in [7, 11) is 0. The lowest BCUT2D eigenvalue weighted by Crippen LogP contribution is -2.41. The maximum atomic E-state index is 12.4. The molecule has 5 rings (SSSR count). The highest BCUT2D eigenvalue weighted by atomic mass is 16.7. The van der Waals surface area contributed by atoms with E-state index in [-0.39, 0.29) is 24.6 Å². The highest BCUT2D eigenvalue weighted by molar-refractivity contribution is 5.68. The van der Waals surface area contributed by atoms with Gasteiger partial charge in [0.05, 0.1) is 11.7 Å². The molecule has 8 nitrogen and oxygen atoms in total. The van der Waals surface area contributed by atoms with Crippen LogP contribution in [-0.4, -0.2) is 52.6 Å². The van der Waals surface area contributed by atoms with Gasteiger partial charge in [-0.2, -0.15) is 0 Å². The predicted molar refractivity (Wildman–Crippen MR) is 135 cm³/mol. The highest BCUT2D eigenvalue weighted by Crippen LogP contribution is 2.44. The van der Waals surface area contributed by atoms with Gasteiger partial charge in [-0.15, -0.1) is 0 Å². The number of fused-ring (bicyclic) bond motifs is 1. The minimum Gasteiger partial charge on any atom is -0.507 e. The van der Waals surface area contributed by atoms with Crippen LogP contribution in [0.25, 0.3) is 11.3 Å². The van der Waals surface area contributed by atoms with E-state index < -0.39 is 11.7 Å². The molecule has 0 aliphatic carbocycles. The van der Waals surface area contributed by atoms with Gasteiger partial charge in [0.25, 0.3) is 0 Å². The molecule has 1 aromatic heterocycles. The Labute approximate surface area is 210 Å². The molecule has 2 aliphatic heterocycles. The van der Waals surface area contributed by atoms with Crippen LogP contribution in [0.1, 0.15) is 44.4 Å². The van der Waals surface area contributed by atoms with E-state index in [0.717, 1.165) is 35.3 Å². The first kappa shape index (κ1) is 23.9. The Morgan fingerprint density at radius 1 is 1.14 bits per heavy atom. The minimum absolute atomic E-state index is 0.0636. The van der Waals surface area contributed by atoms with Crippen molar-refractivity contribution in [1.29, 1.82) is 0 Å². The lowest BCUT2D eigenvalue weighted by Gasteiger charge is -2.30. The van der Waals surface area contributed by atoms with E-state index in [1.165, 1.54) is 0 Å². The monoisotopic (exact) mass is 489 g/mol. The number of likely N-dealkylation sites (tertiary alicyclic amines) is 1. The molecule has 188 valence electrons. The van der Waals surface area contributed by atoms with Gasteiger partial charge in [0.1, 0.15) is 11.4 Å². The second-order valence-electron chi connectivity index (χ2n) is 10.1. The van der Waals surface area contributed by atoms with Crippen molar-refractivity contribution in [2.24, 2.45) is 0 Å². The number of carbonyl (C=O) groups excluding carboxylic acids is 1. The summed E-state index contributed by atoms with van der Waals surface area (Å²) in [4.78, 5) is 19.1. The Hall–Kier alpha value is -3.78. The molecule has 0 spiro atoms. The van der Waals surface area contributed by atoms with E-state index in [0.29, 0.717) is 18.0 Å². The first-order valence-electron chi connectivity index (χ1n) is 12.1. The van der Waals surface area contributed by atoms with Crippen molar-refractivity contribution in [3.63, 3.8) is 0 Å². The van der Waals surface area contributed by atoms with Gasteiger partial charge >= 0.3 is 6.09 Å². The molecule has 0 bridgehead atoms. The summed E-state index contributed by atoms with van der Waals surface area (Å²) in [6.07, 6.45) is 2.13. The van der Waals surface area contributed by atoms with Crippen LogP contribution in [-0.2, 0) is 4.74 Å². The van der Waals surface area contributed by atoms with E-state index >= 15 is 0 Å². The van der Waals surface area contributed by atoms with Crippen molar-refractivity contribution in [3.05, 3.63) is 71.9 Å². The zero-order valence-corrected chi connectivity index (χ0v) is 20.7. The molecule has 0 radical (unpaired) electrons. The predicted octanol–water partition coefficient (Wildman–Crippen LogP) is 4.87. The third-order valence-corrected chi connectivity index (χ3v) is 6.31. The maximum absolute atomic E-state index is 12.4. The van der Waals surface area contributed by atoms with E-state index in [4.69, 9.17) is 14.2 Å². The summed E-state index contributed by atoms with van der Waals surface area (Å²) in [6, 6.07) is 17.2. The van der Waals surface area contributed by atoms with Gasteiger partial charge in [0.2, 0.25) is 6.79 Å². The van der Waals surface area contributed by atoms with Crippen LogP contribution in [0.15, 0.2) is 60.8 Å². The number of phenolic OH excluding ortho intramolecular Hbond substituents is 1. The Morgan fingerprint density at radius 2 is 1.89 bits per heavy atom. The summed E-state index contributed by atoms with van der Waals surface area (Å²) in [5.41, 5.74) is 3.09. The second kappa shape index (κ2) is 9.70. The summed E-state index contributed by atoms with van der Waals surface area (Å²) in [5.74, 6) is 1.29. The summed E-state index contributed by atoms with van der Waals surface area (Å²) in [6.45, 7) is 7.02. The number of nitrogens with zero attached hydrogens (tertiary/aromatic N) is 2.